The number of rotatable bonds is 4. The lowest BCUT2D eigenvalue weighted by Crippen LogP contribution is -2.36. The first kappa shape index (κ1) is 13.8. The Morgan fingerprint density at radius 2 is 1.79 bits per heavy atom. The summed E-state index contributed by atoms with van der Waals surface area (Å²) in [6, 6.07) is 0. The summed E-state index contributed by atoms with van der Waals surface area (Å²) >= 11 is 0. The predicted octanol–water partition coefficient (Wildman–Crippen LogP) is 2.62. The lowest BCUT2D eigenvalue weighted by atomic mass is 9.83. The molecule has 1 spiro atoms. The summed E-state index contributed by atoms with van der Waals surface area (Å²) in [5.74, 6) is 0.477. The van der Waals surface area contributed by atoms with Crippen LogP contribution in [0, 0.1) is 5.92 Å². The molecule has 0 amide bonds. The Morgan fingerprint density at radius 3 is 2.53 bits per heavy atom. The highest BCUT2D eigenvalue weighted by Crippen LogP contribution is 2.41. The van der Waals surface area contributed by atoms with Gasteiger partial charge in [-0.1, -0.05) is 25.7 Å². The Morgan fingerprint density at radius 1 is 0.947 bits per heavy atom. The van der Waals surface area contributed by atoms with Crippen LogP contribution in [0.4, 0.5) is 0 Å². The Hall–Kier alpha value is -0.120. The second-order valence-corrected chi connectivity index (χ2v) is 6.94. The van der Waals surface area contributed by atoms with Crippen LogP contribution in [0.2, 0.25) is 0 Å². The summed E-state index contributed by atoms with van der Waals surface area (Å²) in [4.78, 5) is 0. The van der Waals surface area contributed by atoms with Crippen molar-refractivity contribution >= 4 is 0 Å². The SMILES string of the molecule is OC1CCCC1CNCC1CCC2(CCCCC2)O1. The Labute approximate surface area is 117 Å². The van der Waals surface area contributed by atoms with Gasteiger partial charge in [-0.15, -0.1) is 0 Å². The number of nitrogens with one attached hydrogen (secondary N) is 1. The van der Waals surface area contributed by atoms with Crippen LogP contribution in [0.5, 0.6) is 0 Å². The normalized spacial score (nSPS) is 38.1. The zero-order valence-corrected chi connectivity index (χ0v) is 12.1. The molecule has 1 heterocycles. The van der Waals surface area contributed by atoms with Crippen molar-refractivity contribution < 1.29 is 9.84 Å². The Kier molecular flexibility index (Phi) is 4.45. The van der Waals surface area contributed by atoms with Crippen molar-refractivity contribution in [1.29, 1.82) is 0 Å². The molecular weight excluding hydrogens is 238 g/mol. The molecule has 3 rings (SSSR count). The molecule has 1 saturated heterocycles. The summed E-state index contributed by atoms with van der Waals surface area (Å²) in [7, 11) is 0. The van der Waals surface area contributed by atoms with Gasteiger partial charge in [0.25, 0.3) is 0 Å². The molecule has 0 radical (unpaired) electrons. The summed E-state index contributed by atoms with van der Waals surface area (Å²) in [5.41, 5.74) is 0.247. The van der Waals surface area contributed by atoms with Gasteiger partial charge in [0.05, 0.1) is 17.8 Å². The highest BCUT2D eigenvalue weighted by molar-refractivity contribution is 4.92. The van der Waals surface area contributed by atoms with E-state index in [1.54, 1.807) is 0 Å². The topological polar surface area (TPSA) is 41.5 Å². The van der Waals surface area contributed by atoms with Crippen molar-refractivity contribution in [1.82, 2.24) is 5.32 Å². The van der Waals surface area contributed by atoms with Gasteiger partial charge in [-0.3, -0.25) is 0 Å². The van der Waals surface area contributed by atoms with Crippen LogP contribution in [0.3, 0.4) is 0 Å². The van der Waals surface area contributed by atoms with E-state index < -0.39 is 0 Å². The van der Waals surface area contributed by atoms with Gasteiger partial charge in [0.2, 0.25) is 0 Å². The molecule has 0 aromatic carbocycles. The highest BCUT2D eigenvalue weighted by Gasteiger charge is 2.40. The first-order valence-corrected chi connectivity index (χ1v) is 8.34. The molecule has 2 aliphatic carbocycles. The van der Waals surface area contributed by atoms with Gasteiger partial charge in [0, 0.05) is 13.1 Å². The summed E-state index contributed by atoms with van der Waals surface area (Å²) < 4.78 is 6.36. The van der Waals surface area contributed by atoms with Crippen LogP contribution < -0.4 is 5.32 Å². The van der Waals surface area contributed by atoms with Crippen molar-refractivity contribution in [2.75, 3.05) is 13.1 Å². The fourth-order valence-electron chi connectivity index (χ4n) is 4.29. The van der Waals surface area contributed by atoms with E-state index in [-0.39, 0.29) is 11.7 Å². The quantitative estimate of drug-likeness (QED) is 0.823. The molecule has 0 aromatic heterocycles. The predicted molar refractivity (Wildman–Crippen MR) is 76.1 cm³/mol. The smallest absolute Gasteiger partial charge is 0.0708 e. The van der Waals surface area contributed by atoms with Crippen LogP contribution >= 0.6 is 0 Å². The van der Waals surface area contributed by atoms with E-state index in [0.717, 1.165) is 19.5 Å². The molecule has 0 bridgehead atoms. The van der Waals surface area contributed by atoms with E-state index in [1.807, 2.05) is 0 Å². The van der Waals surface area contributed by atoms with Crippen LogP contribution in [0.25, 0.3) is 0 Å². The van der Waals surface area contributed by atoms with Gasteiger partial charge >= 0.3 is 0 Å². The molecule has 2 saturated carbocycles. The third-order valence-corrected chi connectivity index (χ3v) is 5.50. The van der Waals surface area contributed by atoms with Gasteiger partial charge < -0.3 is 15.2 Å². The van der Waals surface area contributed by atoms with Crippen molar-refractivity contribution in [3.8, 4) is 0 Å². The second kappa shape index (κ2) is 6.11. The first-order valence-electron chi connectivity index (χ1n) is 8.34. The number of hydrogen-bond acceptors (Lipinski definition) is 3. The molecule has 3 atom stereocenters. The average Bonchev–Trinajstić information content (AvgIpc) is 2.99. The van der Waals surface area contributed by atoms with Crippen LogP contribution in [-0.4, -0.2) is 36.0 Å². The van der Waals surface area contributed by atoms with E-state index in [9.17, 15) is 5.11 Å². The maximum absolute atomic E-state index is 9.81. The van der Waals surface area contributed by atoms with E-state index >= 15 is 0 Å². The Bertz CT molecular complexity index is 288. The average molecular weight is 267 g/mol. The molecule has 3 unspecified atom stereocenters. The molecule has 1 aliphatic heterocycles. The molecule has 19 heavy (non-hydrogen) atoms. The van der Waals surface area contributed by atoms with Crippen LogP contribution in [-0.2, 0) is 4.74 Å². The van der Waals surface area contributed by atoms with E-state index in [0.29, 0.717) is 12.0 Å². The van der Waals surface area contributed by atoms with Crippen molar-refractivity contribution in [2.45, 2.75) is 82.0 Å². The van der Waals surface area contributed by atoms with E-state index in [4.69, 9.17) is 4.74 Å². The maximum Gasteiger partial charge on any atom is 0.0708 e. The Balaban J connectivity index is 1.37. The van der Waals surface area contributed by atoms with Gasteiger partial charge in [-0.25, -0.2) is 0 Å². The lowest BCUT2D eigenvalue weighted by molar-refractivity contribution is -0.0626. The third-order valence-electron chi connectivity index (χ3n) is 5.50. The standard InChI is InChI=1S/C16H29NO2/c18-15-6-4-5-13(15)11-17-12-14-7-10-16(19-14)8-2-1-3-9-16/h13-15,17-18H,1-12H2. The van der Waals surface area contributed by atoms with Gasteiger partial charge in [0.1, 0.15) is 0 Å². The van der Waals surface area contributed by atoms with E-state index in [1.165, 1.54) is 57.8 Å². The molecule has 3 nitrogen and oxygen atoms in total. The largest absolute Gasteiger partial charge is 0.393 e. The molecule has 3 heteroatoms. The molecule has 110 valence electrons. The first-order chi connectivity index (χ1) is 9.27. The second-order valence-electron chi connectivity index (χ2n) is 6.94. The molecule has 0 aromatic rings. The lowest BCUT2D eigenvalue weighted by Gasteiger charge is -2.33. The third kappa shape index (κ3) is 3.32. The zero-order valence-electron chi connectivity index (χ0n) is 12.1. The number of hydrogen-bond donors (Lipinski definition) is 2. The molecule has 3 fully saturated rings. The molecule has 3 aliphatic rings. The monoisotopic (exact) mass is 267 g/mol. The van der Waals surface area contributed by atoms with Crippen molar-refractivity contribution in [2.24, 2.45) is 5.92 Å². The minimum atomic E-state index is -0.0679. The van der Waals surface area contributed by atoms with Gasteiger partial charge in [-0.05, 0) is 44.4 Å². The number of ether oxygens (including phenoxy) is 1. The summed E-state index contributed by atoms with van der Waals surface area (Å²) in [6.45, 7) is 1.94. The maximum atomic E-state index is 9.81. The molecule has 2 N–H and O–H groups in total. The summed E-state index contributed by atoms with van der Waals surface area (Å²) in [5, 5.41) is 13.3. The van der Waals surface area contributed by atoms with Crippen LogP contribution in [0.1, 0.15) is 64.2 Å². The number of aliphatic hydroxyl groups is 1. The van der Waals surface area contributed by atoms with Crippen molar-refractivity contribution in [3.05, 3.63) is 0 Å². The molecular formula is C16H29NO2. The fourth-order valence-corrected chi connectivity index (χ4v) is 4.29. The van der Waals surface area contributed by atoms with Gasteiger partial charge in [0.15, 0.2) is 0 Å². The van der Waals surface area contributed by atoms with E-state index in [2.05, 4.69) is 5.32 Å². The van der Waals surface area contributed by atoms with Crippen LogP contribution in [0.15, 0.2) is 0 Å². The minimum Gasteiger partial charge on any atom is -0.393 e. The fraction of sp³-hybridized carbons (Fsp3) is 1.00. The zero-order chi connectivity index (χ0) is 13.1. The summed E-state index contributed by atoms with van der Waals surface area (Å²) in [6.07, 6.45) is 12.9. The minimum absolute atomic E-state index is 0.0679. The number of aliphatic hydroxyl groups excluding tert-OH is 1. The van der Waals surface area contributed by atoms with Gasteiger partial charge in [-0.2, -0.15) is 0 Å². The van der Waals surface area contributed by atoms with Crippen molar-refractivity contribution in [3.63, 3.8) is 0 Å². The highest BCUT2D eigenvalue weighted by atomic mass is 16.5.